The monoisotopic (exact) mass is 579 g/mol. The summed E-state index contributed by atoms with van der Waals surface area (Å²) in [6.45, 7) is 5.86. The summed E-state index contributed by atoms with van der Waals surface area (Å²) in [5, 5.41) is 13.1. The van der Waals surface area contributed by atoms with Crippen molar-refractivity contribution in [3.63, 3.8) is 0 Å². The van der Waals surface area contributed by atoms with Gasteiger partial charge in [0.1, 0.15) is 24.2 Å². The summed E-state index contributed by atoms with van der Waals surface area (Å²) in [6, 6.07) is 3.89. The Kier molecular flexibility index (Phi) is 10.2. The zero-order valence-corrected chi connectivity index (χ0v) is 23.2. The highest BCUT2D eigenvalue weighted by Gasteiger charge is 2.53. The fourth-order valence-electron chi connectivity index (χ4n) is 3.99. The van der Waals surface area contributed by atoms with E-state index < -0.39 is 61.2 Å². The van der Waals surface area contributed by atoms with Gasteiger partial charge in [0, 0.05) is 39.1 Å². The number of hydrogen-bond acceptors (Lipinski definition) is 14. The van der Waals surface area contributed by atoms with E-state index >= 15 is 0 Å². The summed E-state index contributed by atoms with van der Waals surface area (Å²) in [7, 11) is 0. The first-order chi connectivity index (χ1) is 18.8. The van der Waals surface area contributed by atoms with Crippen LogP contribution in [0.1, 0.15) is 48.8 Å². The van der Waals surface area contributed by atoms with Gasteiger partial charge in [-0.1, -0.05) is 0 Å². The van der Waals surface area contributed by atoms with E-state index in [-0.39, 0.29) is 29.3 Å². The van der Waals surface area contributed by atoms with E-state index in [9.17, 15) is 29.1 Å². The minimum absolute atomic E-state index is 0.000507. The maximum atomic E-state index is 12.7. The van der Waals surface area contributed by atoms with Crippen LogP contribution in [-0.4, -0.2) is 77.1 Å². The molecule has 1 aromatic heterocycles. The predicted molar refractivity (Wildman–Crippen MR) is 136 cm³/mol. The molecule has 1 N–H and O–H groups in total. The summed E-state index contributed by atoms with van der Waals surface area (Å²) in [5.74, 6) is -3.77. The lowest BCUT2D eigenvalue weighted by molar-refractivity contribution is -0.288. The second-order valence-electron chi connectivity index (χ2n) is 8.82. The summed E-state index contributed by atoms with van der Waals surface area (Å²) in [4.78, 5) is 64.2. The predicted octanol–water partition coefficient (Wildman–Crippen LogP) is 2.04. The molecule has 0 saturated carbocycles. The molecule has 2 aromatic rings. The van der Waals surface area contributed by atoms with Crippen LogP contribution in [-0.2, 0) is 49.3 Å². The molecule has 13 nitrogen and oxygen atoms in total. The largest absolute Gasteiger partial charge is 0.507 e. The number of phenolic OH excluding ortho intramolecular Hbond substituents is 1. The number of ether oxygens (including phenoxy) is 6. The minimum atomic E-state index is -1.49. The molecule has 0 spiro atoms. The van der Waals surface area contributed by atoms with Crippen LogP contribution >= 0.6 is 11.3 Å². The number of esters is 4. The smallest absolute Gasteiger partial charge is 0.303 e. The molecule has 3 rings (SSSR count). The minimum Gasteiger partial charge on any atom is -0.507 e. The third-order valence-electron chi connectivity index (χ3n) is 5.48. The number of carbonyl (C=O) groups excluding carboxylic acids is 5. The third kappa shape index (κ3) is 8.23. The lowest BCUT2D eigenvalue weighted by atomic mass is 9.98. The van der Waals surface area contributed by atoms with Crippen molar-refractivity contribution in [3.05, 3.63) is 39.8 Å². The van der Waals surface area contributed by atoms with Gasteiger partial charge in [-0.05, 0) is 19.1 Å². The van der Waals surface area contributed by atoms with Gasteiger partial charge >= 0.3 is 23.9 Å². The molecule has 1 aromatic carbocycles. The van der Waals surface area contributed by atoms with E-state index in [1.54, 1.807) is 5.38 Å². The molecule has 1 fully saturated rings. The number of ketones is 1. The van der Waals surface area contributed by atoms with E-state index in [1.807, 2.05) is 6.92 Å². The highest BCUT2D eigenvalue weighted by Crippen LogP contribution is 2.33. The summed E-state index contributed by atoms with van der Waals surface area (Å²) in [6.07, 6.45) is -6.91. The molecule has 1 aliphatic rings. The molecule has 1 saturated heterocycles. The van der Waals surface area contributed by atoms with Crippen LogP contribution in [0.2, 0.25) is 0 Å². The van der Waals surface area contributed by atoms with Gasteiger partial charge in [0.05, 0.1) is 22.7 Å². The highest BCUT2D eigenvalue weighted by atomic mass is 32.1. The molecule has 14 heteroatoms. The molecule has 0 amide bonds. The normalized spacial score (nSPS) is 22.1. The highest BCUT2D eigenvalue weighted by molar-refractivity contribution is 7.09. The number of nitrogens with zero attached hydrogens (tertiary/aromatic N) is 1. The lowest BCUT2D eigenvalue weighted by Crippen LogP contribution is -2.63. The van der Waals surface area contributed by atoms with Crippen molar-refractivity contribution < 1.29 is 57.5 Å². The van der Waals surface area contributed by atoms with Crippen molar-refractivity contribution in [3.8, 4) is 11.5 Å². The number of Topliss-reactive ketones (excluding diaryl/α,β-unsaturated/α-hetero) is 1. The van der Waals surface area contributed by atoms with Gasteiger partial charge in [-0.2, -0.15) is 0 Å². The third-order valence-corrected chi connectivity index (χ3v) is 6.30. The van der Waals surface area contributed by atoms with E-state index in [0.717, 1.165) is 38.8 Å². The quantitative estimate of drug-likeness (QED) is 0.246. The van der Waals surface area contributed by atoms with Crippen molar-refractivity contribution in [1.82, 2.24) is 4.98 Å². The standard InChI is InChI=1S/C26H29NO12S/c1-12-27-17(11-40-12)8-20(32)19-7-6-18(9-21(19)33)38-26-25(37-16(5)31)24(36-15(4)30)23(35-14(3)29)22(39-26)10-34-13(2)28/h6-7,9,11,22-26,33H,8,10H2,1-5H3/t22-,23+,24+,25+,26-/m0/s1. The molecular weight excluding hydrogens is 550 g/mol. The number of hydrogen-bond donors (Lipinski definition) is 1. The average Bonchev–Trinajstić information content (AvgIpc) is 3.25. The number of benzene rings is 1. The number of aromatic nitrogens is 1. The van der Waals surface area contributed by atoms with Gasteiger partial charge < -0.3 is 33.5 Å². The second-order valence-corrected chi connectivity index (χ2v) is 9.88. The number of aromatic hydroxyl groups is 1. The van der Waals surface area contributed by atoms with E-state index in [4.69, 9.17) is 28.4 Å². The summed E-state index contributed by atoms with van der Waals surface area (Å²) in [5.41, 5.74) is 0.601. The van der Waals surface area contributed by atoms with E-state index in [2.05, 4.69) is 4.98 Å². The molecule has 0 bridgehead atoms. The fraction of sp³-hybridized carbons (Fsp3) is 0.462. The molecule has 5 atom stereocenters. The molecule has 0 aliphatic carbocycles. The van der Waals surface area contributed by atoms with Crippen LogP contribution in [0.15, 0.2) is 23.6 Å². The fourth-order valence-corrected chi connectivity index (χ4v) is 4.60. The van der Waals surface area contributed by atoms with Crippen LogP contribution in [0.25, 0.3) is 0 Å². The van der Waals surface area contributed by atoms with E-state index in [1.165, 1.54) is 23.5 Å². The van der Waals surface area contributed by atoms with Crippen molar-refractivity contribution in [1.29, 1.82) is 0 Å². The second kappa shape index (κ2) is 13.3. The average molecular weight is 580 g/mol. The number of aryl methyl sites for hydroxylation is 1. The Bertz CT molecular complexity index is 1270. The Morgan fingerprint density at radius 3 is 2.10 bits per heavy atom. The SMILES string of the molecule is CC(=O)OC[C@@H]1O[C@H](Oc2ccc(C(=O)Cc3csc(C)n3)c(O)c2)[C@H](OC(C)=O)[C@H](OC(C)=O)[C@@H]1OC(C)=O. The van der Waals surface area contributed by atoms with Crippen LogP contribution in [0.4, 0.5) is 0 Å². The molecule has 0 unspecified atom stereocenters. The maximum absolute atomic E-state index is 12.7. The lowest BCUT2D eigenvalue weighted by Gasteiger charge is -2.43. The number of phenols is 1. The summed E-state index contributed by atoms with van der Waals surface area (Å²) < 4.78 is 32.8. The molecular formula is C26H29NO12S. The van der Waals surface area contributed by atoms with Gasteiger partial charge in [-0.25, -0.2) is 4.98 Å². The Balaban J connectivity index is 1.91. The first-order valence-corrected chi connectivity index (χ1v) is 13.0. The first kappa shape index (κ1) is 30.5. The Morgan fingerprint density at radius 2 is 1.55 bits per heavy atom. The molecule has 216 valence electrons. The Labute approximate surface area is 233 Å². The maximum Gasteiger partial charge on any atom is 0.303 e. The first-order valence-electron chi connectivity index (χ1n) is 12.1. The van der Waals surface area contributed by atoms with Crippen molar-refractivity contribution in [2.24, 2.45) is 0 Å². The van der Waals surface area contributed by atoms with Crippen molar-refractivity contribution in [2.75, 3.05) is 6.61 Å². The van der Waals surface area contributed by atoms with Crippen molar-refractivity contribution in [2.45, 2.75) is 71.7 Å². The van der Waals surface area contributed by atoms with E-state index in [0.29, 0.717) is 5.69 Å². The topological polar surface area (TPSA) is 174 Å². The van der Waals surface area contributed by atoms with Gasteiger partial charge in [0.25, 0.3) is 0 Å². The Morgan fingerprint density at radius 1 is 0.925 bits per heavy atom. The zero-order valence-electron chi connectivity index (χ0n) is 22.4. The molecule has 40 heavy (non-hydrogen) atoms. The van der Waals surface area contributed by atoms with Crippen LogP contribution in [0.3, 0.4) is 0 Å². The molecule has 0 radical (unpaired) electrons. The number of rotatable bonds is 10. The zero-order chi connectivity index (χ0) is 29.6. The van der Waals surface area contributed by atoms with Crippen LogP contribution in [0, 0.1) is 6.92 Å². The van der Waals surface area contributed by atoms with Gasteiger partial charge in [0.15, 0.2) is 18.0 Å². The van der Waals surface area contributed by atoms with Crippen LogP contribution < -0.4 is 4.74 Å². The Hall–Kier alpha value is -4.04. The van der Waals surface area contributed by atoms with Crippen LogP contribution in [0.5, 0.6) is 11.5 Å². The van der Waals surface area contributed by atoms with Crippen molar-refractivity contribution >= 4 is 41.0 Å². The number of thiazole rings is 1. The van der Waals surface area contributed by atoms with Gasteiger partial charge in [-0.15, -0.1) is 11.3 Å². The van der Waals surface area contributed by atoms with Gasteiger partial charge in [-0.3, -0.25) is 24.0 Å². The molecule has 2 heterocycles. The van der Waals surface area contributed by atoms with Gasteiger partial charge in [0.2, 0.25) is 12.4 Å². The summed E-state index contributed by atoms with van der Waals surface area (Å²) >= 11 is 1.40. The molecule has 1 aliphatic heterocycles. The number of carbonyl (C=O) groups is 5.